The first-order chi connectivity index (χ1) is 17.6. The highest BCUT2D eigenvalue weighted by molar-refractivity contribution is 7.89. The summed E-state index contributed by atoms with van der Waals surface area (Å²) in [5.74, 6) is -1.00. The third-order valence-electron chi connectivity index (χ3n) is 7.21. The fourth-order valence-electron chi connectivity index (χ4n) is 5.50. The summed E-state index contributed by atoms with van der Waals surface area (Å²) in [4.78, 5) is -0.108. The van der Waals surface area contributed by atoms with Gasteiger partial charge in [0.1, 0.15) is 11.6 Å². The molecule has 0 saturated heterocycles. The number of aliphatic hydroxyl groups excluding tert-OH is 1. The van der Waals surface area contributed by atoms with Crippen LogP contribution in [0.15, 0.2) is 82.1 Å². The van der Waals surface area contributed by atoms with Gasteiger partial charge in [-0.05, 0) is 79.8 Å². The van der Waals surface area contributed by atoms with Crippen LogP contribution < -0.4 is 10.4 Å². The zero-order valence-corrected chi connectivity index (χ0v) is 22.0. The van der Waals surface area contributed by atoms with E-state index in [0.29, 0.717) is 0 Å². The molecule has 6 nitrogen and oxygen atoms in total. The Kier molecular flexibility index (Phi) is 6.91. The number of halogens is 3. The van der Waals surface area contributed by atoms with E-state index in [9.17, 15) is 22.3 Å². The van der Waals surface area contributed by atoms with E-state index in [1.165, 1.54) is 40.6 Å². The Morgan fingerprint density at radius 2 is 1.95 bits per heavy atom. The summed E-state index contributed by atoms with van der Waals surface area (Å²) in [7, 11) is -4.03. The maximum atomic E-state index is 13.7. The van der Waals surface area contributed by atoms with E-state index in [-0.39, 0.29) is 40.7 Å². The first-order valence-electron chi connectivity index (χ1n) is 12.2. The van der Waals surface area contributed by atoms with Gasteiger partial charge in [-0.1, -0.05) is 24.1 Å². The smallest absolute Gasteiger partial charge is 0.243 e. The molecular formula is C27H28ClF2N3O3S. The van der Waals surface area contributed by atoms with Crippen LogP contribution in [0.2, 0.25) is 5.02 Å². The molecule has 196 valence electrons. The molecule has 1 heterocycles. The lowest BCUT2D eigenvalue weighted by Crippen LogP contribution is -2.40. The number of nitrogens with one attached hydrogen (secondary N) is 1. The number of anilines is 1. The van der Waals surface area contributed by atoms with Gasteiger partial charge in [-0.25, -0.2) is 17.2 Å². The van der Waals surface area contributed by atoms with Crippen LogP contribution in [0.3, 0.4) is 0 Å². The van der Waals surface area contributed by atoms with Crippen molar-refractivity contribution in [3.8, 4) is 0 Å². The predicted molar refractivity (Wildman–Crippen MR) is 139 cm³/mol. The number of allylic oxidation sites excluding steroid dienone is 3. The predicted octanol–water partition coefficient (Wildman–Crippen LogP) is 5.14. The second-order valence-electron chi connectivity index (χ2n) is 9.76. The zero-order valence-electron chi connectivity index (χ0n) is 20.5. The lowest BCUT2D eigenvalue weighted by molar-refractivity contribution is 0.158. The van der Waals surface area contributed by atoms with E-state index in [0.717, 1.165) is 41.9 Å². The van der Waals surface area contributed by atoms with Gasteiger partial charge in [-0.2, -0.15) is 4.31 Å². The van der Waals surface area contributed by atoms with Gasteiger partial charge in [-0.15, -0.1) is 0 Å². The van der Waals surface area contributed by atoms with Crippen molar-refractivity contribution >= 4 is 27.3 Å². The fraction of sp³-hybridized carbons (Fsp3) is 0.333. The Balaban J connectivity index is 1.45. The molecule has 0 unspecified atom stereocenters. The third-order valence-corrected chi connectivity index (χ3v) is 9.33. The fourth-order valence-corrected chi connectivity index (χ4v) is 7.34. The number of nitrogens with zero attached hydrogens (tertiary/aromatic N) is 2. The Morgan fingerprint density at radius 1 is 1.22 bits per heavy atom. The molecule has 0 aromatic heterocycles. The lowest BCUT2D eigenvalue weighted by atomic mass is 9.80. The van der Waals surface area contributed by atoms with E-state index >= 15 is 0 Å². The van der Waals surface area contributed by atoms with Gasteiger partial charge in [0.05, 0.1) is 27.4 Å². The van der Waals surface area contributed by atoms with Crippen molar-refractivity contribution in [3.63, 3.8) is 0 Å². The van der Waals surface area contributed by atoms with Gasteiger partial charge in [-0.3, -0.25) is 5.01 Å². The molecule has 0 amide bonds. The van der Waals surface area contributed by atoms with Gasteiger partial charge in [0.2, 0.25) is 10.0 Å². The highest BCUT2D eigenvalue weighted by Crippen LogP contribution is 2.48. The number of hydrogen-bond donors (Lipinski definition) is 2. The van der Waals surface area contributed by atoms with Gasteiger partial charge in [0, 0.05) is 30.8 Å². The molecule has 2 aromatic carbocycles. The molecule has 3 atom stereocenters. The molecule has 1 aliphatic heterocycles. The maximum absolute atomic E-state index is 13.7. The van der Waals surface area contributed by atoms with Crippen molar-refractivity contribution in [1.82, 2.24) is 9.73 Å². The Morgan fingerprint density at radius 3 is 2.62 bits per heavy atom. The summed E-state index contributed by atoms with van der Waals surface area (Å²) in [5.41, 5.74) is 8.49. The van der Waals surface area contributed by atoms with Crippen molar-refractivity contribution in [2.75, 3.05) is 18.1 Å². The summed E-state index contributed by atoms with van der Waals surface area (Å²) >= 11 is 5.87. The topological polar surface area (TPSA) is 72.9 Å². The van der Waals surface area contributed by atoms with E-state index in [1.54, 1.807) is 12.1 Å². The monoisotopic (exact) mass is 547 g/mol. The summed E-state index contributed by atoms with van der Waals surface area (Å²) in [6.45, 7) is 3.75. The molecule has 2 aliphatic carbocycles. The lowest BCUT2D eigenvalue weighted by Gasteiger charge is -2.32. The second-order valence-corrected chi connectivity index (χ2v) is 12.1. The minimum Gasteiger partial charge on any atom is -0.392 e. The Hall–Kier alpha value is -2.72. The molecule has 0 fully saturated rings. The van der Waals surface area contributed by atoms with E-state index < -0.39 is 21.9 Å². The molecule has 2 aromatic rings. The van der Waals surface area contributed by atoms with Crippen LogP contribution in [0.25, 0.3) is 0 Å². The third kappa shape index (κ3) is 4.81. The quantitative estimate of drug-likeness (QED) is 0.502. The Labute approximate surface area is 220 Å². The first kappa shape index (κ1) is 25.9. The van der Waals surface area contributed by atoms with Crippen LogP contribution in [-0.4, -0.2) is 37.0 Å². The minimum absolute atomic E-state index is 0.0387. The molecule has 10 heteroatoms. The molecule has 2 N–H and O–H groups in total. The normalized spacial score (nSPS) is 22.0. The highest BCUT2D eigenvalue weighted by atomic mass is 35.5. The summed E-state index contributed by atoms with van der Waals surface area (Å²) in [6, 6.07) is 9.61. The minimum atomic E-state index is -4.03. The molecule has 0 bridgehead atoms. The van der Waals surface area contributed by atoms with Crippen molar-refractivity contribution in [2.24, 2.45) is 11.8 Å². The first-order valence-corrected chi connectivity index (χ1v) is 14.0. The number of hydrogen-bond acceptors (Lipinski definition) is 5. The van der Waals surface area contributed by atoms with Crippen LogP contribution >= 0.6 is 11.6 Å². The number of rotatable bonds is 7. The zero-order chi connectivity index (χ0) is 26.5. The molecular weight excluding hydrogens is 520 g/mol. The van der Waals surface area contributed by atoms with Crippen molar-refractivity contribution in [2.45, 2.75) is 37.7 Å². The van der Waals surface area contributed by atoms with Crippen LogP contribution in [0.1, 0.15) is 26.7 Å². The molecule has 5 rings (SSSR count). The molecule has 0 spiro atoms. The van der Waals surface area contributed by atoms with Gasteiger partial charge >= 0.3 is 0 Å². The van der Waals surface area contributed by atoms with Crippen molar-refractivity contribution in [3.05, 3.63) is 93.8 Å². The van der Waals surface area contributed by atoms with Gasteiger partial charge in [0.15, 0.2) is 0 Å². The van der Waals surface area contributed by atoms with Crippen LogP contribution in [0.5, 0.6) is 0 Å². The second kappa shape index (κ2) is 9.87. The largest absolute Gasteiger partial charge is 0.392 e. The SMILES string of the molecule is C[C@H]1C2=CNN(c3ccc(F)cc3)C2=CC2=C1[C@@H](CN(C[C@@H](C)O)S(=O)(=O)c1ccc(F)c(Cl)c1)CC2. The average molecular weight is 548 g/mol. The number of sulfonamides is 1. The van der Waals surface area contributed by atoms with E-state index in [2.05, 4.69) is 18.4 Å². The summed E-state index contributed by atoms with van der Waals surface area (Å²) in [5, 5.41) is 11.8. The molecule has 0 radical (unpaired) electrons. The number of fused-ring (bicyclic) bond motifs is 1. The summed E-state index contributed by atoms with van der Waals surface area (Å²) < 4.78 is 55.4. The number of aliphatic hydroxyl groups is 1. The number of hydrazine groups is 1. The summed E-state index contributed by atoms with van der Waals surface area (Å²) in [6.07, 6.45) is 4.73. The van der Waals surface area contributed by atoms with E-state index in [4.69, 9.17) is 11.6 Å². The Bertz CT molecular complexity index is 1420. The highest BCUT2D eigenvalue weighted by Gasteiger charge is 2.40. The standard InChI is InChI=1S/C27H28ClF2N3O3S/c1-16(34)14-32(37(35,36)22-9-10-25(30)24(28)12-22)15-19-4-3-18-11-26-23(17(2)27(18)19)13-31-33(26)21-7-5-20(29)6-8-21/h5-13,16-17,19,31,34H,3-4,14-15H2,1-2H3/t16-,17+,19-/m1/s1. The molecule has 0 saturated carbocycles. The van der Waals surface area contributed by atoms with Crippen LogP contribution in [0, 0.1) is 23.5 Å². The molecule has 37 heavy (non-hydrogen) atoms. The number of benzene rings is 2. The average Bonchev–Trinajstić information content (AvgIpc) is 3.45. The van der Waals surface area contributed by atoms with Gasteiger partial charge in [0.25, 0.3) is 0 Å². The van der Waals surface area contributed by atoms with Crippen molar-refractivity contribution in [1.29, 1.82) is 0 Å². The maximum Gasteiger partial charge on any atom is 0.243 e. The van der Waals surface area contributed by atoms with Gasteiger partial charge < -0.3 is 10.5 Å². The molecule has 3 aliphatic rings. The van der Waals surface area contributed by atoms with E-state index in [1.807, 2.05) is 11.2 Å². The van der Waals surface area contributed by atoms with Crippen LogP contribution in [-0.2, 0) is 10.0 Å². The van der Waals surface area contributed by atoms with Crippen molar-refractivity contribution < 1.29 is 22.3 Å². The van der Waals surface area contributed by atoms with Crippen LogP contribution in [0.4, 0.5) is 14.5 Å².